The fraction of sp³-hybridized carbons (Fsp3) is 0.0714. The smallest absolute Gasteiger partial charge is 0.258 e. The molecule has 6 heteroatoms. The Morgan fingerprint density at radius 2 is 2.00 bits per heavy atom. The second-order valence-corrected chi connectivity index (χ2v) is 5.93. The Morgan fingerprint density at radius 1 is 1.25 bits per heavy atom. The molecule has 0 bridgehead atoms. The van der Waals surface area contributed by atoms with Gasteiger partial charge in [-0.25, -0.2) is 0 Å². The monoisotopic (exact) mass is 302 g/mol. The standard InChI is InChI=1S/C14H10N2O2S2/c1-19-11-4-2-9(3-5-11)12-7-14-10(8-15-20-14)6-13(12)16(17)18/h2-8H,1H3. The van der Waals surface area contributed by atoms with Gasteiger partial charge in [-0.2, -0.15) is 4.37 Å². The van der Waals surface area contributed by atoms with Crippen molar-refractivity contribution in [1.82, 2.24) is 4.37 Å². The molecule has 20 heavy (non-hydrogen) atoms. The lowest BCUT2D eigenvalue weighted by Gasteiger charge is -2.04. The summed E-state index contributed by atoms with van der Waals surface area (Å²) in [5.41, 5.74) is 1.61. The summed E-state index contributed by atoms with van der Waals surface area (Å²) in [4.78, 5) is 12.1. The first-order valence-electron chi connectivity index (χ1n) is 5.86. The van der Waals surface area contributed by atoms with E-state index in [0.29, 0.717) is 5.56 Å². The topological polar surface area (TPSA) is 56.0 Å². The molecule has 0 amide bonds. The highest BCUT2D eigenvalue weighted by Gasteiger charge is 2.17. The van der Waals surface area contributed by atoms with Crippen LogP contribution in [-0.2, 0) is 0 Å². The Hall–Kier alpha value is -1.92. The van der Waals surface area contributed by atoms with Crippen molar-refractivity contribution in [2.24, 2.45) is 0 Å². The molecule has 0 unspecified atom stereocenters. The lowest BCUT2D eigenvalue weighted by molar-refractivity contribution is -0.384. The summed E-state index contributed by atoms with van der Waals surface area (Å²) in [5.74, 6) is 0. The highest BCUT2D eigenvalue weighted by molar-refractivity contribution is 7.98. The van der Waals surface area contributed by atoms with Crippen molar-refractivity contribution >= 4 is 39.1 Å². The normalized spacial score (nSPS) is 10.8. The molecule has 0 aliphatic carbocycles. The van der Waals surface area contributed by atoms with E-state index in [1.165, 1.54) is 11.5 Å². The van der Waals surface area contributed by atoms with E-state index in [-0.39, 0.29) is 10.6 Å². The van der Waals surface area contributed by atoms with Crippen LogP contribution in [0.1, 0.15) is 0 Å². The number of nitro groups is 1. The van der Waals surface area contributed by atoms with Gasteiger partial charge in [-0.05, 0) is 41.6 Å². The lowest BCUT2D eigenvalue weighted by atomic mass is 10.0. The Kier molecular flexibility index (Phi) is 3.42. The van der Waals surface area contributed by atoms with Crippen LogP contribution < -0.4 is 0 Å². The summed E-state index contributed by atoms with van der Waals surface area (Å²) in [5, 5.41) is 12.1. The molecule has 4 nitrogen and oxygen atoms in total. The molecule has 0 N–H and O–H groups in total. The number of benzene rings is 2. The number of hydrogen-bond donors (Lipinski definition) is 0. The fourth-order valence-corrected chi connectivity index (χ4v) is 3.13. The van der Waals surface area contributed by atoms with E-state index >= 15 is 0 Å². The zero-order valence-electron chi connectivity index (χ0n) is 10.6. The predicted molar refractivity (Wildman–Crippen MR) is 83.5 cm³/mol. The van der Waals surface area contributed by atoms with Gasteiger partial charge in [0.1, 0.15) is 0 Å². The van der Waals surface area contributed by atoms with Crippen LogP contribution in [0, 0.1) is 10.1 Å². The van der Waals surface area contributed by atoms with Crippen molar-refractivity contribution in [3.63, 3.8) is 0 Å². The van der Waals surface area contributed by atoms with Crippen molar-refractivity contribution in [3.05, 3.63) is 52.7 Å². The van der Waals surface area contributed by atoms with Gasteiger partial charge in [0.05, 0.1) is 15.2 Å². The summed E-state index contributed by atoms with van der Waals surface area (Å²) in [6.45, 7) is 0. The van der Waals surface area contributed by atoms with Gasteiger partial charge in [0.15, 0.2) is 0 Å². The molecule has 0 radical (unpaired) electrons. The minimum atomic E-state index is -0.338. The lowest BCUT2D eigenvalue weighted by Crippen LogP contribution is -1.91. The van der Waals surface area contributed by atoms with Crippen molar-refractivity contribution in [1.29, 1.82) is 0 Å². The number of aromatic nitrogens is 1. The SMILES string of the molecule is CSc1ccc(-c2cc3sncc3cc2[N+](=O)[O-])cc1. The molecule has 1 heterocycles. The number of nitrogens with zero attached hydrogens (tertiary/aromatic N) is 2. The van der Waals surface area contributed by atoms with Gasteiger partial charge >= 0.3 is 0 Å². The quantitative estimate of drug-likeness (QED) is 0.403. The maximum Gasteiger partial charge on any atom is 0.277 e. The van der Waals surface area contributed by atoms with Gasteiger partial charge in [-0.15, -0.1) is 11.8 Å². The minimum absolute atomic E-state index is 0.120. The third-order valence-electron chi connectivity index (χ3n) is 3.07. The number of thioether (sulfide) groups is 1. The van der Waals surface area contributed by atoms with E-state index in [2.05, 4.69) is 4.37 Å². The predicted octanol–water partition coefficient (Wildman–Crippen LogP) is 4.59. The molecule has 2 aromatic carbocycles. The second-order valence-electron chi connectivity index (χ2n) is 4.22. The maximum atomic E-state index is 11.3. The van der Waals surface area contributed by atoms with Crippen molar-refractivity contribution < 1.29 is 4.92 Å². The molecule has 3 rings (SSSR count). The van der Waals surface area contributed by atoms with Crippen LogP contribution in [0.3, 0.4) is 0 Å². The van der Waals surface area contributed by atoms with E-state index in [4.69, 9.17) is 0 Å². The summed E-state index contributed by atoms with van der Waals surface area (Å²) < 4.78 is 5.04. The van der Waals surface area contributed by atoms with Crippen molar-refractivity contribution in [2.45, 2.75) is 4.90 Å². The van der Waals surface area contributed by atoms with Gasteiger partial charge in [0.2, 0.25) is 0 Å². The van der Waals surface area contributed by atoms with Crippen LogP contribution in [0.15, 0.2) is 47.5 Å². The van der Waals surface area contributed by atoms with Crippen LogP contribution in [-0.4, -0.2) is 15.6 Å². The molecule has 0 atom stereocenters. The molecule has 0 aliphatic heterocycles. The van der Waals surface area contributed by atoms with Gasteiger partial charge in [0, 0.05) is 22.5 Å². The fourth-order valence-electron chi connectivity index (χ4n) is 2.06. The Labute approximate surface area is 123 Å². The molecule has 0 aliphatic rings. The van der Waals surface area contributed by atoms with Crippen molar-refractivity contribution in [2.75, 3.05) is 6.26 Å². The number of fused-ring (bicyclic) bond motifs is 1. The van der Waals surface area contributed by atoms with Crippen LogP contribution >= 0.6 is 23.3 Å². The average molecular weight is 302 g/mol. The molecular formula is C14H10N2O2S2. The maximum absolute atomic E-state index is 11.3. The first-order chi connectivity index (χ1) is 9.69. The molecule has 1 aromatic heterocycles. The van der Waals surface area contributed by atoms with E-state index in [1.54, 1.807) is 24.0 Å². The molecule has 100 valence electrons. The molecular weight excluding hydrogens is 292 g/mol. The van der Waals surface area contributed by atoms with Gasteiger partial charge in [-0.1, -0.05) is 12.1 Å². The van der Waals surface area contributed by atoms with Gasteiger partial charge in [-0.3, -0.25) is 10.1 Å². The number of nitro benzene ring substituents is 1. The third kappa shape index (κ3) is 2.28. The van der Waals surface area contributed by atoms with Gasteiger partial charge < -0.3 is 0 Å². The second kappa shape index (κ2) is 5.22. The van der Waals surface area contributed by atoms with E-state index in [1.807, 2.05) is 36.6 Å². The minimum Gasteiger partial charge on any atom is -0.258 e. The first kappa shape index (κ1) is 13.1. The summed E-state index contributed by atoms with van der Waals surface area (Å²) in [7, 11) is 0. The number of hydrogen-bond acceptors (Lipinski definition) is 5. The Bertz CT molecular complexity index is 781. The molecule has 3 aromatic rings. The number of rotatable bonds is 3. The Balaban J connectivity index is 2.21. The van der Waals surface area contributed by atoms with Crippen LogP contribution in [0.25, 0.3) is 21.2 Å². The molecule has 0 fully saturated rings. The summed E-state index contributed by atoms with van der Waals surface area (Å²) >= 11 is 2.99. The van der Waals surface area contributed by atoms with Crippen LogP contribution in [0.5, 0.6) is 0 Å². The van der Waals surface area contributed by atoms with Crippen LogP contribution in [0.2, 0.25) is 0 Å². The van der Waals surface area contributed by atoms with E-state index in [0.717, 1.165) is 20.5 Å². The first-order valence-corrected chi connectivity index (χ1v) is 7.86. The Morgan fingerprint density at radius 3 is 2.65 bits per heavy atom. The largest absolute Gasteiger partial charge is 0.277 e. The van der Waals surface area contributed by atoms with E-state index in [9.17, 15) is 10.1 Å². The van der Waals surface area contributed by atoms with Crippen LogP contribution in [0.4, 0.5) is 5.69 Å². The third-order valence-corrected chi connectivity index (χ3v) is 4.57. The zero-order chi connectivity index (χ0) is 14.1. The summed E-state index contributed by atoms with van der Waals surface area (Å²) in [6.07, 6.45) is 3.66. The average Bonchev–Trinajstić information content (AvgIpc) is 2.93. The highest BCUT2D eigenvalue weighted by atomic mass is 32.2. The van der Waals surface area contributed by atoms with Gasteiger partial charge in [0.25, 0.3) is 5.69 Å². The molecule has 0 saturated carbocycles. The van der Waals surface area contributed by atoms with Crippen molar-refractivity contribution in [3.8, 4) is 11.1 Å². The molecule has 0 saturated heterocycles. The summed E-state index contributed by atoms with van der Waals surface area (Å²) in [6, 6.07) is 11.2. The van der Waals surface area contributed by atoms with E-state index < -0.39 is 0 Å². The highest BCUT2D eigenvalue weighted by Crippen LogP contribution is 2.35. The molecule has 0 spiro atoms. The zero-order valence-corrected chi connectivity index (χ0v) is 12.2.